The average molecular weight is 368 g/mol. The zero-order chi connectivity index (χ0) is 19.6. The van der Waals surface area contributed by atoms with Crippen molar-refractivity contribution in [3.63, 3.8) is 0 Å². The van der Waals surface area contributed by atoms with E-state index in [2.05, 4.69) is 15.4 Å². The first-order chi connectivity index (χ1) is 12.8. The molecule has 8 nitrogen and oxygen atoms in total. The fraction of sp³-hybridized carbons (Fsp3) is 0.263. The second-order valence-electron chi connectivity index (χ2n) is 6.59. The molecule has 0 saturated heterocycles. The van der Waals surface area contributed by atoms with E-state index < -0.39 is 17.3 Å². The first kappa shape index (κ1) is 18.4. The molecule has 1 aromatic carbocycles. The Balaban J connectivity index is 1.78. The van der Waals surface area contributed by atoms with E-state index in [9.17, 15) is 19.5 Å². The molecule has 0 saturated carbocycles. The van der Waals surface area contributed by atoms with Crippen molar-refractivity contribution in [1.82, 2.24) is 19.9 Å². The number of carbonyl (C=O) groups excluding carboxylic acids is 1. The number of carbonyl (C=O) groups is 2. The second-order valence-corrected chi connectivity index (χ2v) is 6.59. The van der Waals surface area contributed by atoms with Gasteiger partial charge in [0.05, 0.1) is 6.42 Å². The summed E-state index contributed by atoms with van der Waals surface area (Å²) in [7, 11) is 0. The lowest BCUT2D eigenvalue weighted by Crippen LogP contribution is -2.45. The SMILES string of the molecule is Cc1nc2cc[nH]n2c(=O)c1CC(=O)NCC(C)(C(=O)O)c1ccccc1. The number of carboxylic acids is 1. The van der Waals surface area contributed by atoms with Crippen molar-refractivity contribution in [3.05, 3.63) is 69.8 Å². The summed E-state index contributed by atoms with van der Waals surface area (Å²) in [6, 6.07) is 10.4. The van der Waals surface area contributed by atoms with Crippen LogP contribution in [0.25, 0.3) is 5.65 Å². The van der Waals surface area contributed by atoms with Crippen molar-refractivity contribution in [3.8, 4) is 0 Å². The lowest BCUT2D eigenvalue weighted by Gasteiger charge is -2.25. The highest BCUT2D eigenvalue weighted by Gasteiger charge is 2.35. The van der Waals surface area contributed by atoms with Crippen molar-refractivity contribution in [1.29, 1.82) is 0 Å². The van der Waals surface area contributed by atoms with Gasteiger partial charge in [0.25, 0.3) is 5.56 Å². The summed E-state index contributed by atoms with van der Waals surface area (Å²) in [6.45, 7) is 3.13. The van der Waals surface area contributed by atoms with E-state index >= 15 is 0 Å². The summed E-state index contributed by atoms with van der Waals surface area (Å²) < 4.78 is 1.26. The van der Waals surface area contributed by atoms with Crippen molar-refractivity contribution in [2.45, 2.75) is 25.7 Å². The Hall–Kier alpha value is -3.42. The number of nitrogens with zero attached hydrogens (tertiary/aromatic N) is 2. The van der Waals surface area contributed by atoms with Crippen LogP contribution in [0.2, 0.25) is 0 Å². The molecule has 2 aromatic heterocycles. The average Bonchev–Trinajstić information content (AvgIpc) is 3.12. The minimum absolute atomic E-state index is 0.0935. The summed E-state index contributed by atoms with van der Waals surface area (Å²) in [6.07, 6.45) is 1.41. The van der Waals surface area contributed by atoms with Gasteiger partial charge < -0.3 is 10.4 Å². The fourth-order valence-electron chi connectivity index (χ4n) is 2.92. The number of benzene rings is 1. The van der Waals surface area contributed by atoms with Crippen LogP contribution in [0.4, 0.5) is 0 Å². The van der Waals surface area contributed by atoms with E-state index in [-0.39, 0.29) is 24.1 Å². The van der Waals surface area contributed by atoms with Crippen LogP contribution in [0.5, 0.6) is 0 Å². The quantitative estimate of drug-likeness (QED) is 0.601. The van der Waals surface area contributed by atoms with E-state index in [4.69, 9.17) is 0 Å². The van der Waals surface area contributed by atoms with Crippen molar-refractivity contribution < 1.29 is 14.7 Å². The number of aromatic nitrogens is 3. The summed E-state index contributed by atoms with van der Waals surface area (Å²) in [4.78, 5) is 41.0. The monoisotopic (exact) mass is 368 g/mol. The number of fused-ring (bicyclic) bond motifs is 1. The molecular weight excluding hydrogens is 348 g/mol. The lowest BCUT2D eigenvalue weighted by molar-refractivity contribution is -0.143. The lowest BCUT2D eigenvalue weighted by atomic mass is 9.82. The summed E-state index contributed by atoms with van der Waals surface area (Å²) in [5, 5.41) is 15.0. The van der Waals surface area contributed by atoms with Crippen molar-refractivity contribution >= 4 is 17.5 Å². The molecule has 1 unspecified atom stereocenters. The number of rotatable bonds is 6. The molecule has 3 rings (SSSR count). The molecule has 0 fully saturated rings. The van der Waals surface area contributed by atoms with Gasteiger partial charge in [0.15, 0.2) is 5.65 Å². The topological polar surface area (TPSA) is 117 Å². The van der Waals surface area contributed by atoms with Crippen LogP contribution in [0.3, 0.4) is 0 Å². The Morgan fingerprint density at radius 3 is 2.63 bits per heavy atom. The molecule has 3 N–H and O–H groups in total. The molecule has 0 bridgehead atoms. The molecular formula is C19H20N4O4. The van der Waals surface area contributed by atoms with E-state index in [1.165, 1.54) is 4.52 Å². The Kier molecular flexibility index (Phi) is 4.81. The number of hydrogen-bond donors (Lipinski definition) is 3. The van der Waals surface area contributed by atoms with Crippen LogP contribution in [-0.4, -0.2) is 38.1 Å². The van der Waals surface area contributed by atoms with Crippen molar-refractivity contribution in [2.75, 3.05) is 6.54 Å². The second kappa shape index (κ2) is 7.06. The number of carboxylic acid groups (broad SMARTS) is 1. The third-order valence-electron chi connectivity index (χ3n) is 4.70. The smallest absolute Gasteiger partial charge is 0.315 e. The molecule has 0 aliphatic carbocycles. The normalized spacial score (nSPS) is 13.3. The van der Waals surface area contributed by atoms with Gasteiger partial charge in [0.2, 0.25) is 5.91 Å². The van der Waals surface area contributed by atoms with E-state index in [1.54, 1.807) is 56.4 Å². The van der Waals surface area contributed by atoms with Gasteiger partial charge in [-0.05, 0) is 19.4 Å². The number of aromatic amines is 1. The molecule has 1 amide bonds. The van der Waals surface area contributed by atoms with Gasteiger partial charge in [-0.1, -0.05) is 30.3 Å². The summed E-state index contributed by atoms with van der Waals surface area (Å²) in [5.74, 6) is -1.48. The molecule has 3 aromatic rings. The van der Waals surface area contributed by atoms with E-state index in [1.807, 2.05) is 0 Å². The van der Waals surface area contributed by atoms with Gasteiger partial charge >= 0.3 is 5.97 Å². The molecule has 140 valence electrons. The first-order valence-electron chi connectivity index (χ1n) is 8.44. The largest absolute Gasteiger partial charge is 0.481 e. The number of hydrogen-bond acceptors (Lipinski definition) is 4. The standard InChI is InChI=1S/C19H20N4O4/c1-12-14(17(25)23-15(22-12)8-9-21-23)10-16(24)20-11-19(2,18(26)27)13-6-4-3-5-7-13/h3-9,21H,10-11H2,1-2H3,(H,20,24)(H,26,27). The molecule has 0 radical (unpaired) electrons. The minimum atomic E-state index is -1.28. The Morgan fingerprint density at radius 2 is 1.96 bits per heavy atom. The zero-order valence-electron chi connectivity index (χ0n) is 15.0. The van der Waals surface area contributed by atoms with E-state index in [0.29, 0.717) is 16.9 Å². The number of H-pyrrole nitrogens is 1. The molecule has 2 heterocycles. The van der Waals surface area contributed by atoms with E-state index in [0.717, 1.165) is 0 Å². The maximum atomic E-state index is 12.5. The molecule has 0 spiro atoms. The third kappa shape index (κ3) is 3.46. The number of amides is 1. The number of aliphatic carboxylic acids is 1. The highest BCUT2D eigenvalue weighted by molar-refractivity contribution is 5.84. The van der Waals surface area contributed by atoms with Gasteiger partial charge in [-0.15, -0.1) is 0 Å². The predicted octanol–water partition coefficient (Wildman–Crippen LogP) is 1.03. The zero-order valence-corrected chi connectivity index (χ0v) is 15.0. The van der Waals surface area contributed by atoms with Gasteiger partial charge in [-0.3, -0.25) is 19.5 Å². The van der Waals surface area contributed by atoms with Crippen LogP contribution in [0.15, 0.2) is 47.4 Å². The van der Waals surface area contributed by atoms with Gasteiger partial charge in [0, 0.05) is 30.1 Å². The van der Waals surface area contributed by atoms with Crippen LogP contribution < -0.4 is 10.9 Å². The Bertz CT molecular complexity index is 1050. The highest BCUT2D eigenvalue weighted by Crippen LogP contribution is 2.23. The maximum absolute atomic E-state index is 12.5. The van der Waals surface area contributed by atoms with Gasteiger partial charge in [0.1, 0.15) is 5.41 Å². The number of nitrogens with one attached hydrogen (secondary N) is 2. The van der Waals surface area contributed by atoms with Crippen LogP contribution in [0, 0.1) is 6.92 Å². The van der Waals surface area contributed by atoms with Gasteiger partial charge in [-0.25, -0.2) is 9.50 Å². The van der Waals surface area contributed by atoms with Crippen LogP contribution in [0.1, 0.15) is 23.7 Å². The minimum Gasteiger partial charge on any atom is -0.481 e. The Morgan fingerprint density at radius 1 is 1.26 bits per heavy atom. The fourth-order valence-corrected chi connectivity index (χ4v) is 2.92. The summed E-state index contributed by atoms with van der Waals surface area (Å²) in [5.41, 5.74) is 0.181. The molecule has 1 atom stereocenters. The Labute approximate surface area is 154 Å². The molecule has 0 aliphatic heterocycles. The molecule has 27 heavy (non-hydrogen) atoms. The van der Waals surface area contributed by atoms with Crippen LogP contribution in [-0.2, 0) is 21.4 Å². The number of aryl methyl sites for hydroxylation is 1. The summed E-state index contributed by atoms with van der Waals surface area (Å²) >= 11 is 0. The molecule has 0 aliphatic rings. The van der Waals surface area contributed by atoms with Crippen LogP contribution >= 0.6 is 0 Å². The maximum Gasteiger partial charge on any atom is 0.315 e. The highest BCUT2D eigenvalue weighted by atomic mass is 16.4. The van der Waals surface area contributed by atoms with Crippen molar-refractivity contribution in [2.24, 2.45) is 0 Å². The predicted molar refractivity (Wildman–Crippen MR) is 98.7 cm³/mol. The molecule has 8 heteroatoms. The third-order valence-corrected chi connectivity index (χ3v) is 4.70. The van der Waals surface area contributed by atoms with Gasteiger partial charge in [-0.2, -0.15) is 0 Å². The first-order valence-corrected chi connectivity index (χ1v) is 8.44.